The fraction of sp³-hybridized carbons (Fsp3) is 0.494. The van der Waals surface area contributed by atoms with Crippen molar-refractivity contribution in [3.8, 4) is 40.3 Å². The molecule has 3 saturated heterocycles. The van der Waals surface area contributed by atoms with Crippen LogP contribution in [0.4, 0.5) is 11.6 Å². The molecule has 7 heterocycles. The molecule has 34 heteroatoms. The largest absolute Gasteiger partial charge is 0.490 e. The number of halogens is 11. The molecular formula is C81H103BBrCl10N15O5S2. The van der Waals surface area contributed by atoms with E-state index in [1.165, 1.54) is 82.7 Å². The number of nitrogens with two attached hydrogens (primary N) is 1. The number of nitrogens with zero attached hydrogens (tertiary/aromatic N) is 11. The van der Waals surface area contributed by atoms with E-state index in [-0.39, 0.29) is 25.4 Å². The van der Waals surface area contributed by atoms with E-state index in [1.54, 1.807) is 30.3 Å². The maximum atomic E-state index is 12.7. The average Bonchev–Trinajstić information content (AvgIpc) is 1.66. The molecule has 4 aromatic heterocycles. The molecule has 6 aliphatic rings. The van der Waals surface area contributed by atoms with Crippen LogP contribution in [-0.2, 0) is 22.0 Å². The van der Waals surface area contributed by atoms with Gasteiger partial charge in [-0.25, -0.2) is 48.0 Å². The van der Waals surface area contributed by atoms with E-state index in [0.29, 0.717) is 80.1 Å². The van der Waals surface area contributed by atoms with Crippen LogP contribution in [0.3, 0.4) is 0 Å². The third-order valence-electron chi connectivity index (χ3n) is 21.7. The average molecular weight is 1880 g/mol. The van der Waals surface area contributed by atoms with Crippen molar-refractivity contribution in [1.29, 1.82) is 5.26 Å². The first kappa shape index (κ1) is 97.9. The molecule has 115 heavy (non-hydrogen) atoms. The van der Waals surface area contributed by atoms with Crippen LogP contribution in [0.1, 0.15) is 161 Å². The lowest BCUT2D eigenvalue weighted by Crippen LogP contribution is -2.51. The van der Waals surface area contributed by atoms with Gasteiger partial charge in [-0.1, -0.05) is 184 Å². The van der Waals surface area contributed by atoms with E-state index in [4.69, 9.17) is 157 Å². The minimum atomic E-state index is -1.57. The summed E-state index contributed by atoms with van der Waals surface area (Å²) in [5.74, 6) is 1.84. The minimum absolute atomic E-state index is 0.156. The summed E-state index contributed by atoms with van der Waals surface area (Å²) in [5.41, 5.74) is 15.5. The van der Waals surface area contributed by atoms with E-state index in [1.807, 2.05) is 118 Å². The summed E-state index contributed by atoms with van der Waals surface area (Å²) < 4.78 is 32.2. The van der Waals surface area contributed by atoms with Crippen LogP contribution in [0.5, 0.6) is 0 Å². The zero-order chi connectivity index (χ0) is 84.9. The SMILES string of the molecule is C#N.CC(C)(C)[S@@](=O)N[C@@H]1CCCC12CCNCC2.CO.Cc1nc(Cl)cnc1-c1cccc(Cl)c1Cl.Cc1nc(Cl)cnc1Br.Cc1nc(N2CCC3(CCC[C@H]3N)CC2)cnc1-c1cccc(Cl)c1Cl.Cc1nc(N2CCC3(CCC[C@H]3N[S@](=O)C(C)(C)C)CC2)cnc1-c1cccc(Cl)c1Cl.OB(O)c1cccc(Cl)c1Cl. The van der Waals surface area contributed by atoms with Gasteiger partial charge in [0.25, 0.3) is 0 Å². The van der Waals surface area contributed by atoms with Crippen molar-refractivity contribution in [3.05, 3.63) is 175 Å². The van der Waals surface area contributed by atoms with E-state index < -0.39 is 29.1 Å². The Kier molecular flexibility index (Phi) is 38.3. The van der Waals surface area contributed by atoms with Crippen LogP contribution in [-0.4, -0.2) is 145 Å². The molecule has 3 aliphatic carbocycles. The number of benzene rings is 4. The minimum Gasteiger partial charge on any atom is -0.423 e. The summed E-state index contributed by atoms with van der Waals surface area (Å²) in [6.45, 7) is 29.4. The van der Waals surface area contributed by atoms with Gasteiger partial charge in [-0.15, -0.1) is 0 Å². The molecule has 3 saturated carbocycles. The Morgan fingerprint density at radius 1 is 0.496 bits per heavy atom. The van der Waals surface area contributed by atoms with Crippen molar-refractivity contribution >= 4 is 178 Å². The number of hydrogen-bond donors (Lipinski definition) is 7. The van der Waals surface area contributed by atoms with Crippen LogP contribution in [0.25, 0.3) is 33.8 Å². The van der Waals surface area contributed by atoms with Gasteiger partial charge in [-0.2, -0.15) is 0 Å². The summed E-state index contributed by atoms with van der Waals surface area (Å²) in [6, 6.07) is 22.4. The second kappa shape index (κ2) is 45.0. The summed E-state index contributed by atoms with van der Waals surface area (Å²) in [5, 5.41) is 38.8. The maximum absolute atomic E-state index is 12.7. The molecule has 0 bridgehead atoms. The fourth-order valence-electron chi connectivity index (χ4n) is 15.2. The van der Waals surface area contributed by atoms with Crippen LogP contribution >= 0.6 is 132 Å². The smallest absolute Gasteiger partial charge is 0.423 e. The highest BCUT2D eigenvalue weighted by Gasteiger charge is 2.48. The van der Waals surface area contributed by atoms with E-state index >= 15 is 0 Å². The van der Waals surface area contributed by atoms with Crippen LogP contribution in [0.2, 0.25) is 50.5 Å². The highest BCUT2D eigenvalue weighted by molar-refractivity contribution is 9.10. The number of aliphatic hydroxyl groups excluding tert-OH is 1. The molecule has 5 atom stereocenters. The fourth-order valence-corrected chi connectivity index (χ4v) is 19.3. The number of nitrogens with one attached hydrogen (secondary N) is 3. The topological polar surface area (TPSA) is 290 Å². The predicted octanol–water partition coefficient (Wildman–Crippen LogP) is 19.8. The van der Waals surface area contributed by atoms with Crippen molar-refractivity contribution in [3.63, 3.8) is 0 Å². The predicted molar refractivity (Wildman–Crippen MR) is 484 cm³/mol. The van der Waals surface area contributed by atoms with Crippen molar-refractivity contribution in [2.24, 2.45) is 22.0 Å². The zero-order valence-corrected chi connectivity index (χ0v) is 77.4. The monoisotopic (exact) mass is 1870 g/mol. The number of nitriles is 1. The Morgan fingerprint density at radius 3 is 1.18 bits per heavy atom. The first-order valence-corrected chi connectivity index (χ1v) is 44.8. The second-order valence-corrected chi connectivity index (χ2v) is 39.7. The van der Waals surface area contributed by atoms with Gasteiger partial charge >= 0.3 is 7.12 Å². The molecule has 3 spiro atoms. The van der Waals surface area contributed by atoms with Crippen molar-refractivity contribution in [1.82, 2.24) is 54.6 Å². The molecule has 6 fully saturated rings. The molecule has 20 nitrogen and oxygen atoms in total. The van der Waals surface area contributed by atoms with Gasteiger partial charge in [-0.05, 0) is 216 Å². The van der Waals surface area contributed by atoms with E-state index in [0.717, 1.165) is 146 Å². The molecule has 0 amide bonds. The Hall–Kier alpha value is -4.25. The molecule has 624 valence electrons. The molecule has 3 aliphatic heterocycles. The quantitative estimate of drug-likeness (QED) is 0.0626. The number of hydrogen-bond acceptors (Lipinski definition) is 18. The number of piperidine rings is 3. The van der Waals surface area contributed by atoms with Crippen molar-refractivity contribution in [2.45, 2.75) is 193 Å². The Labute approximate surface area is 742 Å². The van der Waals surface area contributed by atoms with E-state index in [2.05, 4.69) is 72.0 Å². The number of aliphatic hydroxyl groups is 1. The van der Waals surface area contributed by atoms with Crippen molar-refractivity contribution < 1.29 is 23.6 Å². The van der Waals surface area contributed by atoms with Gasteiger partial charge in [0.05, 0.1) is 136 Å². The normalized spacial score (nSPS) is 18.8. The summed E-state index contributed by atoms with van der Waals surface area (Å²) in [6.07, 6.45) is 24.7. The first-order valence-electron chi connectivity index (χ1n) is 37.9. The summed E-state index contributed by atoms with van der Waals surface area (Å²) in [7, 11) is -2.53. The van der Waals surface area contributed by atoms with Gasteiger partial charge in [0.2, 0.25) is 0 Å². The molecular weight excluding hydrogens is 1770 g/mol. The molecule has 8 N–H and O–H groups in total. The number of aryl methyl sites for hydroxylation is 4. The van der Waals surface area contributed by atoms with Crippen LogP contribution < -0.4 is 35.8 Å². The van der Waals surface area contributed by atoms with Crippen molar-refractivity contribution in [2.75, 3.05) is 56.2 Å². The Balaban J connectivity index is 0.000000198. The maximum Gasteiger partial charge on any atom is 0.490 e. The van der Waals surface area contributed by atoms with Gasteiger partial charge in [0, 0.05) is 80.1 Å². The highest BCUT2D eigenvalue weighted by atomic mass is 79.9. The molecule has 4 aromatic carbocycles. The van der Waals surface area contributed by atoms with Crippen LogP contribution in [0.15, 0.2) is 102 Å². The third-order valence-corrected chi connectivity index (χ3v) is 29.3. The number of rotatable bonds is 10. The first-order chi connectivity index (χ1) is 54.5. The van der Waals surface area contributed by atoms with Gasteiger partial charge in [0.1, 0.15) is 26.5 Å². The second-order valence-electron chi connectivity index (χ2n) is 31.0. The highest BCUT2D eigenvalue weighted by Crippen LogP contribution is 2.50. The van der Waals surface area contributed by atoms with E-state index in [9.17, 15) is 8.42 Å². The molecule has 14 rings (SSSR count). The van der Waals surface area contributed by atoms with Gasteiger partial charge in [0.15, 0.2) is 0 Å². The Bertz CT molecular complexity index is 4610. The summed E-state index contributed by atoms with van der Waals surface area (Å²) >= 11 is 62.8. The Morgan fingerprint density at radius 2 is 0.835 bits per heavy atom. The van der Waals surface area contributed by atoms with Gasteiger partial charge in [-0.3, -0.25) is 15.0 Å². The number of aromatic nitrogens is 8. The third kappa shape index (κ3) is 26.2. The number of anilines is 2. The molecule has 0 unspecified atom stereocenters. The summed E-state index contributed by atoms with van der Waals surface area (Å²) in [4.78, 5) is 39.8. The van der Waals surface area contributed by atoms with Gasteiger partial charge < -0.3 is 36.0 Å². The zero-order valence-electron chi connectivity index (χ0n) is 66.6. The molecule has 8 aromatic rings. The lowest BCUT2D eigenvalue weighted by atomic mass is 9.74. The standard InChI is InChI=1S/C24H32Cl2N4OS.C20H24Cl2N4.C13H26N2OS.C11H7Cl3N2.C6H5BCl2O2.C5H4BrClN2.CHN.CH4O/c1-16-22(17-7-5-8-18(25)21(17)26)27-15-20(28-16)30-13-11-24(12-14-30)10-6-9-19(24)29-32(31)23(2,3)4;1-13-19(14-4-2-5-15(21)18(14)22)24-12-17(25-13)26-10-8-20(9-11-26)7-3-6-16(20)23;1-12(2,3)17(16)15-11-5-4-6-13(11)7-9-14-10-8-13;1-6-11(15-5-9(13)16-6)7-3-2-4-8(12)10(7)14;8-5-3-1-2-4(6(5)9)7(10)11;1-3-5(6)8-2-4(7)9-3;2*1-2/h5,7-8,15,19,29H,6,9-14H2,1-4H3;2,4-5,12,16H,3,6-11,23H2,1H3;11,14-15H,4-10H2,1-3H3;2-5H,1H3;1-3,10-11H;2H,1H3;1H;2H,1H3/t19-,32-;16-;11-,17-;;;;;/m111...../s1. The molecule has 0 radical (unpaired) electrons. The lowest BCUT2D eigenvalue weighted by molar-refractivity contribution is 0.175. The lowest BCUT2D eigenvalue weighted by Gasteiger charge is -2.44. The van der Waals surface area contributed by atoms with Crippen LogP contribution in [0, 0.1) is 55.8 Å².